The van der Waals surface area contributed by atoms with Crippen LogP contribution in [0.1, 0.15) is 27.0 Å². The molecule has 0 amide bonds. The topological polar surface area (TPSA) is 26.3 Å². The second kappa shape index (κ2) is 8.24. The predicted molar refractivity (Wildman–Crippen MR) is 120 cm³/mol. The van der Waals surface area contributed by atoms with E-state index in [-0.39, 0.29) is 5.78 Å². The molecule has 0 aromatic heterocycles. The predicted octanol–water partition coefficient (Wildman–Crippen LogP) is 7.27. The largest absolute Gasteiger partial charge is 0.486 e. The van der Waals surface area contributed by atoms with Crippen molar-refractivity contribution in [1.29, 1.82) is 0 Å². The van der Waals surface area contributed by atoms with E-state index < -0.39 is 0 Å². The molecule has 0 fully saturated rings. The Balaban J connectivity index is 1.57. The van der Waals surface area contributed by atoms with E-state index in [2.05, 4.69) is 31.9 Å². The van der Waals surface area contributed by atoms with Gasteiger partial charge in [0.05, 0.1) is 8.95 Å². The van der Waals surface area contributed by atoms with Crippen LogP contribution < -0.4 is 4.74 Å². The van der Waals surface area contributed by atoms with Gasteiger partial charge in [-0.3, -0.25) is 4.79 Å². The molecule has 0 aliphatic heterocycles. The molecule has 0 unspecified atom stereocenters. The summed E-state index contributed by atoms with van der Waals surface area (Å²) in [6.07, 6.45) is 2.60. The van der Waals surface area contributed by atoms with Gasteiger partial charge in [-0.25, -0.2) is 0 Å². The highest BCUT2D eigenvalue weighted by atomic mass is 79.9. The Bertz CT molecular complexity index is 1080. The number of rotatable bonds is 4. The van der Waals surface area contributed by atoms with Crippen LogP contribution in [0.5, 0.6) is 5.75 Å². The van der Waals surface area contributed by atoms with Gasteiger partial charge in [-0.2, -0.15) is 0 Å². The summed E-state index contributed by atoms with van der Waals surface area (Å²) in [7, 11) is 0. The lowest BCUT2D eigenvalue weighted by Crippen LogP contribution is -1.98. The Morgan fingerprint density at radius 2 is 1.68 bits per heavy atom. The number of benzene rings is 3. The number of ether oxygens (including phenoxy) is 1. The molecule has 0 radical (unpaired) electrons. The zero-order valence-electron chi connectivity index (χ0n) is 14.7. The Hall–Kier alpha value is -1.88. The Labute approximate surface area is 185 Å². The van der Waals surface area contributed by atoms with Crippen molar-refractivity contribution >= 4 is 55.3 Å². The van der Waals surface area contributed by atoms with Crippen molar-refractivity contribution in [2.24, 2.45) is 0 Å². The Morgan fingerprint density at radius 3 is 2.39 bits per heavy atom. The van der Waals surface area contributed by atoms with Crippen molar-refractivity contribution in [1.82, 2.24) is 0 Å². The summed E-state index contributed by atoms with van der Waals surface area (Å²) in [5, 5.41) is 0.676. The maximum Gasteiger partial charge on any atom is 0.189 e. The zero-order chi connectivity index (χ0) is 19.7. The van der Waals surface area contributed by atoms with Crippen LogP contribution in [0, 0.1) is 0 Å². The first-order chi connectivity index (χ1) is 13.5. The van der Waals surface area contributed by atoms with Gasteiger partial charge in [-0.05, 0) is 67.3 Å². The summed E-state index contributed by atoms with van der Waals surface area (Å²) in [5.41, 5.74) is 4.52. The van der Waals surface area contributed by atoms with Gasteiger partial charge >= 0.3 is 0 Å². The van der Waals surface area contributed by atoms with Crippen molar-refractivity contribution in [2.75, 3.05) is 0 Å². The highest BCUT2D eigenvalue weighted by Gasteiger charge is 2.24. The molecule has 28 heavy (non-hydrogen) atoms. The molecule has 1 aliphatic carbocycles. The minimum atomic E-state index is 0.0990. The molecule has 0 saturated heterocycles. The summed E-state index contributed by atoms with van der Waals surface area (Å²) >= 11 is 13.4. The first-order valence-corrected chi connectivity index (χ1v) is 10.7. The zero-order valence-corrected chi connectivity index (χ0v) is 18.6. The van der Waals surface area contributed by atoms with E-state index in [9.17, 15) is 4.79 Å². The van der Waals surface area contributed by atoms with Gasteiger partial charge in [0, 0.05) is 28.1 Å². The number of ketones is 1. The number of carbonyl (C=O) groups is 1. The molecular weight excluding hydrogens is 504 g/mol. The quantitative estimate of drug-likeness (QED) is 0.340. The van der Waals surface area contributed by atoms with Crippen LogP contribution >= 0.6 is 43.5 Å². The average molecular weight is 519 g/mol. The molecule has 4 rings (SSSR count). The fourth-order valence-corrected chi connectivity index (χ4v) is 4.88. The summed E-state index contributed by atoms with van der Waals surface area (Å²) in [6, 6.07) is 19.3. The van der Waals surface area contributed by atoms with E-state index in [4.69, 9.17) is 16.3 Å². The minimum absolute atomic E-state index is 0.0990. The molecule has 0 bridgehead atoms. The van der Waals surface area contributed by atoms with E-state index in [1.54, 1.807) is 0 Å². The Morgan fingerprint density at radius 1 is 1.00 bits per heavy atom. The first kappa shape index (κ1) is 19.4. The summed E-state index contributed by atoms with van der Waals surface area (Å²) in [4.78, 5) is 12.6. The minimum Gasteiger partial charge on any atom is -0.486 e. The normalized spacial score (nSPS) is 14.4. The van der Waals surface area contributed by atoms with Crippen LogP contribution in [0.15, 0.2) is 75.2 Å². The van der Waals surface area contributed by atoms with Crippen molar-refractivity contribution in [2.45, 2.75) is 13.0 Å². The SMILES string of the molecule is O=C1/C(=C/c2cc(Br)c(OCc3ccccc3Cl)c(Br)c2)Cc2ccccc21. The third-order valence-corrected chi connectivity index (χ3v) is 6.17. The van der Waals surface area contributed by atoms with Crippen molar-refractivity contribution in [3.05, 3.63) is 102 Å². The highest BCUT2D eigenvalue weighted by molar-refractivity contribution is 9.11. The number of allylic oxidation sites excluding steroid dienone is 1. The molecule has 0 atom stereocenters. The molecule has 5 heteroatoms. The molecule has 2 nitrogen and oxygen atoms in total. The molecule has 0 spiro atoms. The maximum absolute atomic E-state index is 12.6. The number of hydrogen-bond donors (Lipinski definition) is 0. The van der Waals surface area contributed by atoms with E-state index in [1.165, 1.54) is 0 Å². The number of fused-ring (bicyclic) bond motifs is 1. The molecule has 140 valence electrons. The second-order valence-corrected chi connectivity index (χ2v) is 8.64. The third-order valence-electron chi connectivity index (χ3n) is 4.63. The standard InChI is InChI=1S/C23H15Br2ClO2/c24-19-10-14(9-17-12-15-5-1-3-7-18(15)22(17)27)11-20(25)23(19)28-13-16-6-2-4-8-21(16)26/h1-11H,12-13H2/b17-9+. The van der Waals surface area contributed by atoms with Crippen molar-refractivity contribution < 1.29 is 9.53 Å². The second-order valence-electron chi connectivity index (χ2n) is 6.53. The van der Waals surface area contributed by atoms with Gasteiger partial charge in [0.25, 0.3) is 0 Å². The molecule has 3 aromatic rings. The van der Waals surface area contributed by atoms with Crippen LogP contribution in [0.2, 0.25) is 5.02 Å². The van der Waals surface area contributed by atoms with E-state index in [0.717, 1.165) is 36.8 Å². The van der Waals surface area contributed by atoms with Crippen LogP contribution in [-0.2, 0) is 13.0 Å². The van der Waals surface area contributed by atoms with Crippen LogP contribution in [0.4, 0.5) is 0 Å². The smallest absolute Gasteiger partial charge is 0.189 e. The van der Waals surface area contributed by atoms with Gasteiger partial charge in [0.2, 0.25) is 0 Å². The molecule has 0 heterocycles. The van der Waals surface area contributed by atoms with Gasteiger partial charge in [0.1, 0.15) is 12.4 Å². The lowest BCUT2D eigenvalue weighted by atomic mass is 10.1. The molecule has 0 N–H and O–H groups in total. The van der Waals surface area contributed by atoms with E-state index in [1.807, 2.05) is 66.7 Å². The first-order valence-electron chi connectivity index (χ1n) is 8.71. The summed E-state index contributed by atoms with van der Waals surface area (Å²) < 4.78 is 7.58. The monoisotopic (exact) mass is 516 g/mol. The van der Waals surface area contributed by atoms with Crippen LogP contribution in [0.25, 0.3) is 6.08 Å². The Kier molecular flexibility index (Phi) is 5.72. The third kappa shape index (κ3) is 3.95. The number of hydrogen-bond acceptors (Lipinski definition) is 2. The maximum atomic E-state index is 12.6. The molecule has 0 saturated carbocycles. The fraction of sp³-hybridized carbons (Fsp3) is 0.0870. The van der Waals surface area contributed by atoms with Crippen molar-refractivity contribution in [3.8, 4) is 5.75 Å². The van der Waals surface area contributed by atoms with Gasteiger partial charge in [-0.1, -0.05) is 54.1 Å². The van der Waals surface area contributed by atoms with E-state index in [0.29, 0.717) is 23.8 Å². The highest BCUT2D eigenvalue weighted by Crippen LogP contribution is 2.37. The van der Waals surface area contributed by atoms with Crippen LogP contribution in [-0.4, -0.2) is 5.78 Å². The van der Waals surface area contributed by atoms with Gasteiger partial charge < -0.3 is 4.74 Å². The summed E-state index contributed by atoms with van der Waals surface area (Å²) in [5.74, 6) is 0.796. The van der Waals surface area contributed by atoms with Gasteiger partial charge in [0.15, 0.2) is 5.78 Å². The fourth-order valence-electron chi connectivity index (χ4n) is 3.24. The summed E-state index contributed by atoms with van der Waals surface area (Å²) in [6.45, 7) is 0.366. The number of carbonyl (C=O) groups excluding carboxylic acids is 1. The average Bonchev–Trinajstić information content (AvgIpc) is 2.98. The molecule has 1 aliphatic rings. The lowest BCUT2D eigenvalue weighted by molar-refractivity contribution is 0.104. The van der Waals surface area contributed by atoms with Gasteiger partial charge in [-0.15, -0.1) is 0 Å². The molecule has 3 aromatic carbocycles. The molecular formula is C23H15Br2ClO2. The van der Waals surface area contributed by atoms with Crippen LogP contribution in [0.3, 0.4) is 0 Å². The van der Waals surface area contributed by atoms with Crippen molar-refractivity contribution in [3.63, 3.8) is 0 Å². The number of Topliss-reactive ketones (excluding diaryl/α,β-unsaturated/α-hetero) is 1. The number of halogens is 3. The lowest BCUT2D eigenvalue weighted by Gasteiger charge is -2.12. The van der Waals surface area contributed by atoms with E-state index >= 15 is 0 Å².